The summed E-state index contributed by atoms with van der Waals surface area (Å²) in [6.45, 7) is -0.0309. The summed E-state index contributed by atoms with van der Waals surface area (Å²) in [4.78, 5) is 35.7. The topological polar surface area (TPSA) is 91.9 Å². The molecular formula is C18H13ClFN3O3. The molecule has 2 aromatic carbocycles. The molecule has 1 aromatic heterocycles. The number of ketones is 1. The van der Waals surface area contributed by atoms with Crippen molar-refractivity contribution in [3.05, 3.63) is 74.9 Å². The van der Waals surface area contributed by atoms with Gasteiger partial charge < -0.3 is 5.32 Å². The maximum absolute atomic E-state index is 13.4. The first-order valence-electron chi connectivity index (χ1n) is 7.67. The zero-order valence-corrected chi connectivity index (χ0v) is 14.1. The van der Waals surface area contributed by atoms with Crippen LogP contribution in [0, 0.1) is 5.82 Å². The van der Waals surface area contributed by atoms with Crippen molar-refractivity contribution in [2.24, 2.45) is 0 Å². The van der Waals surface area contributed by atoms with Gasteiger partial charge in [0.1, 0.15) is 5.82 Å². The predicted molar refractivity (Wildman–Crippen MR) is 94.3 cm³/mol. The number of benzene rings is 2. The smallest absolute Gasteiger partial charge is 0.288 e. The molecule has 0 atom stereocenters. The van der Waals surface area contributed by atoms with Gasteiger partial charge in [-0.15, -0.1) is 0 Å². The van der Waals surface area contributed by atoms with Crippen LogP contribution in [0.15, 0.2) is 47.3 Å². The van der Waals surface area contributed by atoms with Crippen molar-refractivity contribution < 1.29 is 14.0 Å². The molecular weight excluding hydrogens is 361 g/mol. The monoisotopic (exact) mass is 373 g/mol. The molecule has 0 saturated carbocycles. The Morgan fingerprint density at radius 3 is 2.62 bits per heavy atom. The number of aromatic nitrogens is 2. The number of nitrogens with one attached hydrogen (secondary N) is 2. The second-order valence-corrected chi connectivity index (χ2v) is 5.98. The lowest BCUT2D eigenvalue weighted by molar-refractivity contribution is -0.137. The Morgan fingerprint density at radius 1 is 1.15 bits per heavy atom. The Balaban J connectivity index is 1.69. The summed E-state index contributed by atoms with van der Waals surface area (Å²) >= 11 is 5.58. The number of carbonyl (C=O) groups excluding carboxylic acids is 2. The molecule has 0 fully saturated rings. The highest BCUT2D eigenvalue weighted by Crippen LogP contribution is 2.16. The number of rotatable bonds is 5. The molecule has 2 N–H and O–H groups in total. The van der Waals surface area contributed by atoms with E-state index in [1.165, 1.54) is 12.1 Å². The Kier molecular flexibility index (Phi) is 5.09. The maximum Gasteiger partial charge on any atom is 0.288 e. The SMILES string of the molecule is O=C(Cc1ccc(Cl)c(F)c1)C(=O)NCc1n[nH]c(=O)c2ccccc12. The summed E-state index contributed by atoms with van der Waals surface area (Å²) in [7, 11) is 0. The Morgan fingerprint density at radius 2 is 1.88 bits per heavy atom. The van der Waals surface area contributed by atoms with Crippen LogP contribution in [0.3, 0.4) is 0 Å². The fourth-order valence-electron chi connectivity index (χ4n) is 2.48. The van der Waals surface area contributed by atoms with E-state index in [0.717, 1.165) is 6.07 Å². The van der Waals surface area contributed by atoms with Crippen LogP contribution in [0.2, 0.25) is 5.02 Å². The summed E-state index contributed by atoms with van der Waals surface area (Å²) in [6.07, 6.45) is -0.250. The van der Waals surface area contributed by atoms with E-state index in [1.54, 1.807) is 24.3 Å². The summed E-state index contributed by atoms with van der Waals surface area (Å²) in [5.41, 5.74) is 0.440. The standard InChI is InChI=1S/C18H13ClFN3O3/c19-13-6-5-10(7-14(13)20)8-16(24)18(26)21-9-15-11-3-1-2-4-12(11)17(25)23-22-15/h1-7H,8-9H2,(H,21,26)(H,23,25). The zero-order chi connectivity index (χ0) is 18.7. The number of nitrogens with zero attached hydrogens (tertiary/aromatic N) is 1. The first-order chi connectivity index (χ1) is 12.5. The van der Waals surface area contributed by atoms with Gasteiger partial charge in [-0.05, 0) is 23.8 Å². The van der Waals surface area contributed by atoms with Crippen molar-refractivity contribution in [3.8, 4) is 0 Å². The molecule has 0 aliphatic heterocycles. The Bertz CT molecular complexity index is 1060. The van der Waals surface area contributed by atoms with Gasteiger partial charge in [0.2, 0.25) is 5.78 Å². The molecule has 1 amide bonds. The van der Waals surface area contributed by atoms with Crippen LogP contribution in [-0.4, -0.2) is 21.9 Å². The Labute approximate surface area is 152 Å². The van der Waals surface area contributed by atoms with Crippen LogP contribution in [0.5, 0.6) is 0 Å². The summed E-state index contributed by atoms with van der Waals surface area (Å²) in [5, 5.41) is 9.70. The average molecular weight is 374 g/mol. The van der Waals surface area contributed by atoms with Gasteiger partial charge in [-0.1, -0.05) is 35.9 Å². The van der Waals surface area contributed by atoms with Gasteiger partial charge >= 0.3 is 0 Å². The maximum atomic E-state index is 13.4. The van der Waals surface area contributed by atoms with Gasteiger partial charge in [-0.2, -0.15) is 5.10 Å². The van der Waals surface area contributed by atoms with Crippen molar-refractivity contribution in [1.29, 1.82) is 0 Å². The van der Waals surface area contributed by atoms with Gasteiger partial charge in [0.15, 0.2) is 0 Å². The Hall–Kier alpha value is -3.06. The van der Waals surface area contributed by atoms with Gasteiger partial charge in [0.25, 0.3) is 11.5 Å². The molecule has 8 heteroatoms. The third kappa shape index (κ3) is 3.78. The molecule has 3 rings (SSSR count). The highest BCUT2D eigenvalue weighted by molar-refractivity contribution is 6.36. The van der Waals surface area contributed by atoms with E-state index in [4.69, 9.17) is 11.6 Å². The van der Waals surface area contributed by atoms with E-state index >= 15 is 0 Å². The third-order valence-electron chi connectivity index (χ3n) is 3.79. The molecule has 6 nitrogen and oxygen atoms in total. The van der Waals surface area contributed by atoms with E-state index < -0.39 is 17.5 Å². The van der Waals surface area contributed by atoms with Gasteiger partial charge in [0, 0.05) is 11.8 Å². The first-order valence-corrected chi connectivity index (χ1v) is 8.05. The predicted octanol–water partition coefficient (Wildman–Crippen LogP) is 2.14. The number of carbonyl (C=O) groups is 2. The number of fused-ring (bicyclic) bond motifs is 1. The molecule has 26 heavy (non-hydrogen) atoms. The lowest BCUT2D eigenvalue weighted by Crippen LogP contribution is -2.32. The molecule has 1 heterocycles. The number of hydrogen-bond donors (Lipinski definition) is 2. The van der Waals surface area contributed by atoms with Crippen molar-refractivity contribution in [2.75, 3.05) is 0 Å². The van der Waals surface area contributed by atoms with Gasteiger partial charge in [0.05, 0.1) is 22.6 Å². The molecule has 0 radical (unpaired) electrons. The fraction of sp³-hybridized carbons (Fsp3) is 0.111. The van der Waals surface area contributed by atoms with Gasteiger partial charge in [-0.25, -0.2) is 9.49 Å². The van der Waals surface area contributed by atoms with E-state index in [-0.39, 0.29) is 23.5 Å². The van der Waals surface area contributed by atoms with Crippen LogP contribution in [0.1, 0.15) is 11.3 Å². The number of aromatic amines is 1. The normalized spacial score (nSPS) is 10.7. The number of halogens is 2. The van der Waals surface area contributed by atoms with E-state index in [2.05, 4.69) is 15.5 Å². The van der Waals surface area contributed by atoms with Gasteiger partial charge in [-0.3, -0.25) is 14.4 Å². The summed E-state index contributed by atoms with van der Waals surface area (Å²) < 4.78 is 13.4. The molecule has 0 aliphatic carbocycles. The quantitative estimate of drug-likeness (QED) is 0.670. The highest BCUT2D eigenvalue weighted by atomic mass is 35.5. The number of Topliss-reactive ketones (excluding diaryl/α,β-unsaturated/α-hetero) is 1. The first kappa shape index (κ1) is 17.8. The molecule has 0 unspecified atom stereocenters. The number of amides is 1. The highest BCUT2D eigenvalue weighted by Gasteiger charge is 2.16. The lowest BCUT2D eigenvalue weighted by atomic mass is 10.1. The zero-order valence-electron chi connectivity index (χ0n) is 13.4. The van der Waals surface area contributed by atoms with Crippen LogP contribution < -0.4 is 10.9 Å². The largest absolute Gasteiger partial charge is 0.344 e. The minimum absolute atomic E-state index is 0.0309. The minimum atomic E-state index is -0.822. The van der Waals surface area contributed by atoms with E-state index in [0.29, 0.717) is 22.0 Å². The van der Waals surface area contributed by atoms with Crippen molar-refractivity contribution >= 4 is 34.1 Å². The second-order valence-electron chi connectivity index (χ2n) is 5.58. The minimum Gasteiger partial charge on any atom is -0.344 e. The van der Waals surface area contributed by atoms with Crippen molar-refractivity contribution in [1.82, 2.24) is 15.5 Å². The lowest BCUT2D eigenvalue weighted by Gasteiger charge is -2.07. The second kappa shape index (κ2) is 7.45. The van der Waals surface area contributed by atoms with Crippen LogP contribution >= 0.6 is 11.6 Å². The van der Waals surface area contributed by atoms with E-state index in [1.807, 2.05) is 0 Å². The molecule has 0 bridgehead atoms. The summed E-state index contributed by atoms with van der Waals surface area (Å²) in [6, 6.07) is 10.7. The molecule has 0 spiro atoms. The molecule has 132 valence electrons. The van der Waals surface area contributed by atoms with Crippen LogP contribution in [-0.2, 0) is 22.6 Å². The van der Waals surface area contributed by atoms with Crippen LogP contribution in [0.25, 0.3) is 10.8 Å². The molecule has 0 aliphatic rings. The number of H-pyrrole nitrogens is 1. The number of hydrogen-bond acceptors (Lipinski definition) is 4. The fourth-order valence-corrected chi connectivity index (χ4v) is 2.60. The third-order valence-corrected chi connectivity index (χ3v) is 4.10. The molecule has 3 aromatic rings. The van der Waals surface area contributed by atoms with Crippen LogP contribution in [0.4, 0.5) is 4.39 Å². The van der Waals surface area contributed by atoms with Crippen molar-refractivity contribution in [2.45, 2.75) is 13.0 Å². The summed E-state index contributed by atoms with van der Waals surface area (Å²) in [5.74, 6) is -2.20. The van der Waals surface area contributed by atoms with Crippen molar-refractivity contribution in [3.63, 3.8) is 0 Å². The molecule has 0 saturated heterocycles. The average Bonchev–Trinajstić information content (AvgIpc) is 2.64. The van der Waals surface area contributed by atoms with E-state index in [9.17, 15) is 18.8 Å².